The van der Waals surface area contributed by atoms with Crippen molar-refractivity contribution in [1.29, 1.82) is 0 Å². The first-order chi connectivity index (χ1) is 16.6. The predicted molar refractivity (Wildman–Crippen MR) is 138 cm³/mol. The fourth-order valence-corrected chi connectivity index (χ4v) is 3.25. The summed E-state index contributed by atoms with van der Waals surface area (Å²) in [5, 5.41) is 6.17. The Kier molecular flexibility index (Phi) is 9.65. The molecule has 3 aromatic rings. The normalized spacial score (nSPS) is 12.1. The van der Waals surface area contributed by atoms with Crippen LogP contribution in [0.1, 0.15) is 67.4 Å². The molecule has 6 heteroatoms. The number of aromatic nitrogens is 1. The molecule has 1 aromatic heterocycles. The molecule has 1 amide bonds. The molecule has 0 radical (unpaired) electrons. The van der Waals surface area contributed by atoms with Crippen LogP contribution < -0.4 is 15.4 Å². The minimum absolute atomic E-state index is 0.239. The Morgan fingerprint density at radius 3 is 2.35 bits per heavy atom. The number of ether oxygens (including phenoxy) is 1. The van der Waals surface area contributed by atoms with E-state index in [0.29, 0.717) is 30.6 Å². The van der Waals surface area contributed by atoms with Gasteiger partial charge in [-0.25, -0.2) is 4.99 Å². The van der Waals surface area contributed by atoms with Gasteiger partial charge in [-0.2, -0.15) is 0 Å². The third kappa shape index (κ3) is 7.73. The van der Waals surface area contributed by atoms with E-state index in [2.05, 4.69) is 53.5 Å². The minimum atomic E-state index is -0.239. The van der Waals surface area contributed by atoms with E-state index in [-0.39, 0.29) is 5.91 Å². The minimum Gasteiger partial charge on any atom is -0.494 e. The maximum absolute atomic E-state index is 12.9. The van der Waals surface area contributed by atoms with Crippen molar-refractivity contribution in [1.82, 2.24) is 10.3 Å². The highest BCUT2D eigenvalue weighted by Gasteiger charge is 2.11. The first kappa shape index (κ1) is 25.0. The Bertz CT molecular complexity index is 1050. The topological polar surface area (TPSA) is 75.6 Å². The van der Waals surface area contributed by atoms with E-state index in [1.165, 1.54) is 5.56 Å². The van der Waals surface area contributed by atoms with E-state index in [9.17, 15) is 4.79 Å². The van der Waals surface area contributed by atoms with Crippen molar-refractivity contribution >= 4 is 17.6 Å². The summed E-state index contributed by atoms with van der Waals surface area (Å²) in [4.78, 5) is 21.6. The number of nitrogens with zero attached hydrogens (tertiary/aromatic N) is 2. The fourth-order valence-electron chi connectivity index (χ4n) is 3.25. The van der Waals surface area contributed by atoms with E-state index in [4.69, 9.17) is 4.74 Å². The second-order valence-corrected chi connectivity index (χ2v) is 8.26. The zero-order valence-corrected chi connectivity index (χ0v) is 20.3. The molecular weight excluding hydrogens is 424 g/mol. The van der Waals surface area contributed by atoms with Gasteiger partial charge >= 0.3 is 0 Å². The molecule has 34 heavy (non-hydrogen) atoms. The Labute approximate surface area is 202 Å². The highest BCUT2D eigenvalue weighted by molar-refractivity contribution is 6.10. The predicted octanol–water partition coefficient (Wildman–Crippen LogP) is 6.17. The van der Waals surface area contributed by atoms with Crippen molar-refractivity contribution in [3.8, 4) is 5.75 Å². The number of unbranched alkanes of at least 4 members (excludes halogenated alkanes) is 1. The van der Waals surface area contributed by atoms with Crippen LogP contribution in [0.4, 0.5) is 5.69 Å². The number of pyridine rings is 1. The number of hydrogen-bond acceptors (Lipinski definition) is 4. The zero-order chi connectivity index (χ0) is 24.2. The lowest BCUT2D eigenvalue weighted by molar-refractivity contribution is 0.0977. The summed E-state index contributed by atoms with van der Waals surface area (Å²) in [5.41, 5.74) is 3.69. The first-order valence-corrected chi connectivity index (χ1v) is 11.9. The van der Waals surface area contributed by atoms with E-state index in [1.807, 2.05) is 36.4 Å². The number of nitrogens with one attached hydrogen (secondary N) is 2. The largest absolute Gasteiger partial charge is 0.494 e. The summed E-state index contributed by atoms with van der Waals surface area (Å²) in [5.74, 6) is 1.41. The van der Waals surface area contributed by atoms with Crippen molar-refractivity contribution in [3.05, 3.63) is 89.7 Å². The standard InChI is InChI=1S/C28H34N4O2/c1-4-6-19-34-26-13-9-24(10-14-26)27(33)32-28(30-20-22-15-17-29-18-16-22)31-25-11-7-23(8-12-25)21(3)5-2/h7-18,21H,4-6,19-20H2,1-3H3,(H2,30,31,32,33)/t21-/m0/s1. The van der Waals surface area contributed by atoms with Gasteiger partial charge in [-0.1, -0.05) is 39.3 Å². The van der Waals surface area contributed by atoms with Crippen LogP contribution in [0.2, 0.25) is 0 Å². The molecular formula is C28H34N4O2. The van der Waals surface area contributed by atoms with Gasteiger partial charge in [0, 0.05) is 23.6 Å². The van der Waals surface area contributed by atoms with Gasteiger partial charge in [0.1, 0.15) is 5.75 Å². The van der Waals surface area contributed by atoms with Crippen LogP contribution in [0.5, 0.6) is 5.75 Å². The van der Waals surface area contributed by atoms with Gasteiger partial charge in [-0.05, 0) is 78.4 Å². The van der Waals surface area contributed by atoms with E-state index in [1.54, 1.807) is 24.5 Å². The van der Waals surface area contributed by atoms with E-state index in [0.717, 1.165) is 36.3 Å². The highest BCUT2D eigenvalue weighted by atomic mass is 16.5. The SMILES string of the molecule is CCCCOc1ccc(C(=O)NC(=NCc2ccncc2)Nc2ccc([C@@H](C)CC)cc2)cc1. The molecule has 0 aliphatic heterocycles. The Morgan fingerprint density at radius 1 is 1.00 bits per heavy atom. The maximum atomic E-state index is 12.9. The molecule has 0 fully saturated rings. The average molecular weight is 459 g/mol. The fraction of sp³-hybridized carbons (Fsp3) is 0.321. The van der Waals surface area contributed by atoms with Crippen molar-refractivity contribution < 1.29 is 9.53 Å². The molecule has 178 valence electrons. The number of anilines is 1. The van der Waals surface area contributed by atoms with Crippen LogP contribution in [0.15, 0.2) is 78.0 Å². The van der Waals surface area contributed by atoms with Crippen LogP contribution in [-0.4, -0.2) is 23.5 Å². The molecule has 6 nitrogen and oxygen atoms in total. The lowest BCUT2D eigenvalue weighted by Crippen LogP contribution is -2.36. The van der Waals surface area contributed by atoms with Crippen LogP contribution in [0, 0.1) is 0 Å². The summed E-state index contributed by atoms with van der Waals surface area (Å²) in [6, 6.07) is 19.2. The zero-order valence-electron chi connectivity index (χ0n) is 20.3. The molecule has 1 atom stereocenters. The molecule has 0 bridgehead atoms. The highest BCUT2D eigenvalue weighted by Crippen LogP contribution is 2.20. The number of aliphatic imine (C=N–C) groups is 1. The lowest BCUT2D eigenvalue weighted by Gasteiger charge is -2.14. The molecule has 0 unspecified atom stereocenters. The van der Waals surface area contributed by atoms with Crippen LogP contribution >= 0.6 is 0 Å². The summed E-state index contributed by atoms with van der Waals surface area (Å²) in [7, 11) is 0. The molecule has 0 spiro atoms. The smallest absolute Gasteiger partial charge is 0.257 e. The summed E-state index contributed by atoms with van der Waals surface area (Å²) in [6.07, 6.45) is 6.63. The Hall–Kier alpha value is -3.67. The monoisotopic (exact) mass is 458 g/mol. The van der Waals surface area contributed by atoms with Gasteiger partial charge in [-0.3, -0.25) is 15.1 Å². The average Bonchev–Trinajstić information content (AvgIpc) is 2.88. The quantitative estimate of drug-likeness (QED) is 0.216. The number of benzene rings is 2. The molecule has 0 saturated carbocycles. The van der Waals surface area contributed by atoms with Crippen LogP contribution in [-0.2, 0) is 6.54 Å². The van der Waals surface area contributed by atoms with Gasteiger partial charge in [-0.15, -0.1) is 0 Å². The van der Waals surface area contributed by atoms with Crippen molar-refractivity contribution in [2.75, 3.05) is 11.9 Å². The molecule has 0 aliphatic carbocycles. The maximum Gasteiger partial charge on any atom is 0.257 e. The van der Waals surface area contributed by atoms with E-state index < -0.39 is 0 Å². The van der Waals surface area contributed by atoms with Crippen molar-refractivity contribution in [3.63, 3.8) is 0 Å². The summed E-state index contributed by atoms with van der Waals surface area (Å²) >= 11 is 0. The number of carbonyl (C=O) groups excluding carboxylic acids is 1. The van der Waals surface area contributed by atoms with Gasteiger partial charge in [0.25, 0.3) is 5.91 Å². The first-order valence-electron chi connectivity index (χ1n) is 11.9. The third-order valence-electron chi connectivity index (χ3n) is 5.64. The van der Waals surface area contributed by atoms with E-state index >= 15 is 0 Å². The second kappa shape index (κ2) is 13.1. The summed E-state index contributed by atoms with van der Waals surface area (Å²) in [6.45, 7) is 7.61. The number of guanidine groups is 1. The number of hydrogen-bond donors (Lipinski definition) is 2. The molecule has 0 saturated heterocycles. The van der Waals surface area contributed by atoms with Gasteiger partial charge in [0.15, 0.2) is 0 Å². The molecule has 2 aromatic carbocycles. The van der Waals surface area contributed by atoms with Gasteiger partial charge < -0.3 is 10.1 Å². The van der Waals surface area contributed by atoms with Crippen molar-refractivity contribution in [2.24, 2.45) is 4.99 Å². The van der Waals surface area contributed by atoms with Crippen LogP contribution in [0.25, 0.3) is 0 Å². The van der Waals surface area contributed by atoms with Crippen LogP contribution in [0.3, 0.4) is 0 Å². The number of carbonyl (C=O) groups is 1. The third-order valence-corrected chi connectivity index (χ3v) is 5.64. The van der Waals surface area contributed by atoms with Gasteiger partial charge in [0.2, 0.25) is 5.96 Å². The lowest BCUT2D eigenvalue weighted by atomic mass is 9.99. The molecule has 3 rings (SSSR count). The Morgan fingerprint density at radius 2 is 1.71 bits per heavy atom. The van der Waals surface area contributed by atoms with Gasteiger partial charge in [0.05, 0.1) is 13.2 Å². The second-order valence-electron chi connectivity index (χ2n) is 8.26. The number of amides is 1. The summed E-state index contributed by atoms with van der Waals surface area (Å²) < 4.78 is 5.69. The number of rotatable bonds is 10. The molecule has 0 aliphatic rings. The molecule has 2 N–H and O–H groups in total. The molecule has 1 heterocycles. The Balaban J connectivity index is 1.72. The van der Waals surface area contributed by atoms with Crippen molar-refractivity contribution in [2.45, 2.75) is 52.5 Å².